The van der Waals surface area contributed by atoms with E-state index in [4.69, 9.17) is 10.00 Å². The van der Waals surface area contributed by atoms with Gasteiger partial charge in [0.1, 0.15) is 12.4 Å². The molecule has 0 spiro atoms. The SMILES string of the molecule is N#CCc1ccc(OCCN(CC2CC2)CC2CC2)cc1. The minimum absolute atomic E-state index is 0.469. The van der Waals surface area contributed by atoms with Gasteiger partial charge in [-0.15, -0.1) is 0 Å². The summed E-state index contributed by atoms with van der Waals surface area (Å²) in [5.41, 5.74) is 1.05. The van der Waals surface area contributed by atoms with E-state index in [1.54, 1.807) is 0 Å². The third-order valence-electron chi connectivity index (χ3n) is 4.31. The normalized spacial score (nSPS) is 17.7. The first-order chi connectivity index (χ1) is 10.3. The van der Waals surface area contributed by atoms with Crippen molar-refractivity contribution in [3.63, 3.8) is 0 Å². The lowest BCUT2D eigenvalue weighted by Gasteiger charge is -2.22. The molecule has 0 heterocycles. The van der Waals surface area contributed by atoms with Crippen LogP contribution in [0.1, 0.15) is 31.2 Å². The Morgan fingerprint density at radius 3 is 2.19 bits per heavy atom. The molecule has 0 aliphatic heterocycles. The van der Waals surface area contributed by atoms with Crippen molar-refractivity contribution in [3.8, 4) is 11.8 Å². The molecule has 2 aliphatic carbocycles. The number of hydrogen-bond donors (Lipinski definition) is 0. The predicted octanol–water partition coefficient (Wildman–Crippen LogP) is 3.25. The third-order valence-corrected chi connectivity index (χ3v) is 4.31. The summed E-state index contributed by atoms with van der Waals surface area (Å²) in [4.78, 5) is 2.60. The molecule has 21 heavy (non-hydrogen) atoms. The lowest BCUT2D eigenvalue weighted by Crippen LogP contribution is -2.32. The van der Waals surface area contributed by atoms with Crippen LogP contribution in [0, 0.1) is 23.2 Å². The van der Waals surface area contributed by atoms with E-state index in [9.17, 15) is 0 Å². The van der Waals surface area contributed by atoms with Crippen LogP contribution in [0.2, 0.25) is 0 Å². The fraction of sp³-hybridized carbons (Fsp3) is 0.611. The van der Waals surface area contributed by atoms with Crippen LogP contribution in [0.5, 0.6) is 5.75 Å². The minimum atomic E-state index is 0.469. The molecular weight excluding hydrogens is 260 g/mol. The van der Waals surface area contributed by atoms with E-state index in [1.165, 1.54) is 38.8 Å². The summed E-state index contributed by atoms with van der Waals surface area (Å²) in [6, 6.07) is 10.1. The van der Waals surface area contributed by atoms with Crippen LogP contribution in [0.4, 0.5) is 0 Å². The molecule has 0 saturated heterocycles. The molecule has 0 amide bonds. The lowest BCUT2D eigenvalue weighted by atomic mass is 10.2. The van der Waals surface area contributed by atoms with Crippen molar-refractivity contribution < 1.29 is 4.74 Å². The largest absolute Gasteiger partial charge is 0.492 e. The highest BCUT2D eigenvalue weighted by Gasteiger charge is 2.28. The monoisotopic (exact) mass is 284 g/mol. The Bertz CT molecular complexity index is 469. The molecule has 1 aromatic carbocycles. The van der Waals surface area contributed by atoms with E-state index < -0.39 is 0 Å². The van der Waals surface area contributed by atoms with Gasteiger partial charge in [-0.3, -0.25) is 4.90 Å². The standard InChI is InChI=1S/C18H24N2O/c19-10-9-15-5-7-18(8-6-15)21-12-11-20(13-16-1-2-16)14-17-3-4-17/h5-8,16-17H,1-4,9,11-14H2. The Kier molecular flexibility index (Phi) is 4.77. The highest BCUT2D eigenvalue weighted by molar-refractivity contribution is 5.28. The van der Waals surface area contributed by atoms with Crippen LogP contribution < -0.4 is 4.74 Å². The first kappa shape index (κ1) is 14.4. The summed E-state index contributed by atoms with van der Waals surface area (Å²) < 4.78 is 5.85. The molecule has 0 N–H and O–H groups in total. The number of benzene rings is 1. The van der Waals surface area contributed by atoms with Crippen molar-refractivity contribution in [2.75, 3.05) is 26.2 Å². The van der Waals surface area contributed by atoms with Gasteiger partial charge in [0, 0.05) is 19.6 Å². The second kappa shape index (κ2) is 6.95. The second-order valence-corrected chi connectivity index (χ2v) is 6.47. The number of nitrogens with zero attached hydrogens (tertiary/aromatic N) is 2. The first-order valence-electron chi connectivity index (χ1n) is 8.14. The van der Waals surface area contributed by atoms with E-state index >= 15 is 0 Å². The number of hydrogen-bond acceptors (Lipinski definition) is 3. The van der Waals surface area contributed by atoms with Crippen molar-refractivity contribution in [1.82, 2.24) is 4.90 Å². The summed E-state index contributed by atoms with van der Waals surface area (Å²) >= 11 is 0. The van der Waals surface area contributed by atoms with Gasteiger partial charge in [-0.2, -0.15) is 5.26 Å². The molecule has 0 atom stereocenters. The average Bonchev–Trinajstić information content (AvgIpc) is 3.37. The highest BCUT2D eigenvalue weighted by Crippen LogP contribution is 2.33. The molecule has 2 aliphatic rings. The van der Waals surface area contributed by atoms with Crippen molar-refractivity contribution in [2.24, 2.45) is 11.8 Å². The van der Waals surface area contributed by atoms with Crippen molar-refractivity contribution in [1.29, 1.82) is 5.26 Å². The molecule has 3 rings (SSSR count). The maximum absolute atomic E-state index is 8.66. The summed E-state index contributed by atoms with van der Waals surface area (Å²) in [6.07, 6.45) is 6.15. The van der Waals surface area contributed by atoms with E-state index in [1.807, 2.05) is 24.3 Å². The molecule has 0 bridgehead atoms. The minimum Gasteiger partial charge on any atom is -0.492 e. The number of nitriles is 1. The zero-order valence-corrected chi connectivity index (χ0v) is 12.6. The number of ether oxygens (including phenoxy) is 1. The molecule has 3 heteroatoms. The zero-order valence-electron chi connectivity index (χ0n) is 12.6. The van der Waals surface area contributed by atoms with Gasteiger partial charge in [0.15, 0.2) is 0 Å². The number of rotatable bonds is 9. The van der Waals surface area contributed by atoms with E-state index in [0.29, 0.717) is 6.42 Å². The van der Waals surface area contributed by atoms with Crippen LogP contribution in [0.15, 0.2) is 24.3 Å². The molecule has 2 fully saturated rings. The molecule has 0 aromatic heterocycles. The van der Waals surface area contributed by atoms with Gasteiger partial charge in [-0.1, -0.05) is 12.1 Å². The highest BCUT2D eigenvalue weighted by atomic mass is 16.5. The molecule has 3 nitrogen and oxygen atoms in total. The topological polar surface area (TPSA) is 36.3 Å². The van der Waals surface area contributed by atoms with Gasteiger partial charge in [0.05, 0.1) is 12.5 Å². The summed E-state index contributed by atoms with van der Waals surface area (Å²) in [7, 11) is 0. The Morgan fingerprint density at radius 1 is 1.05 bits per heavy atom. The van der Waals surface area contributed by atoms with E-state index in [2.05, 4.69) is 11.0 Å². The van der Waals surface area contributed by atoms with E-state index in [-0.39, 0.29) is 0 Å². The van der Waals surface area contributed by atoms with Crippen LogP contribution in [-0.4, -0.2) is 31.1 Å². The summed E-state index contributed by atoms with van der Waals surface area (Å²) in [5, 5.41) is 8.66. The molecule has 2 saturated carbocycles. The Morgan fingerprint density at radius 2 is 1.67 bits per heavy atom. The second-order valence-electron chi connectivity index (χ2n) is 6.47. The fourth-order valence-corrected chi connectivity index (χ4v) is 2.68. The molecule has 112 valence electrons. The van der Waals surface area contributed by atoms with Gasteiger partial charge in [-0.05, 0) is 55.2 Å². The van der Waals surface area contributed by atoms with Crippen molar-refractivity contribution in [2.45, 2.75) is 32.1 Å². The van der Waals surface area contributed by atoms with Crippen LogP contribution in [0.25, 0.3) is 0 Å². The fourth-order valence-electron chi connectivity index (χ4n) is 2.68. The quantitative estimate of drug-likeness (QED) is 0.698. The third kappa shape index (κ3) is 5.06. The van der Waals surface area contributed by atoms with Crippen molar-refractivity contribution >= 4 is 0 Å². The van der Waals surface area contributed by atoms with Gasteiger partial charge in [0.25, 0.3) is 0 Å². The Hall–Kier alpha value is -1.53. The lowest BCUT2D eigenvalue weighted by molar-refractivity contribution is 0.197. The average molecular weight is 284 g/mol. The zero-order chi connectivity index (χ0) is 14.5. The van der Waals surface area contributed by atoms with Crippen LogP contribution in [0.3, 0.4) is 0 Å². The Labute approximate surface area is 127 Å². The van der Waals surface area contributed by atoms with Gasteiger partial charge < -0.3 is 4.74 Å². The van der Waals surface area contributed by atoms with Crippen LogP contribution >= 0.6 is 0 Å². The smallest absolute Gasteiger partial charge is 0.119 e. The molecule has 0 radical (unpaired) electrons. The molecular formula is C18H24N2O. The van der Waals surface area contributed by atoms with Crippen LogP contribution in [-0.2, 0) is 6.42 Å². The summed E-state index contributed by atoms with van der Waals surface area (Å²) in [6.45, 7) is 4.33. The molecule has 1 aromatic rings. The van der Waals surface area contributed by atoms with Crippen molar-refractivity contribution in [3.05, 3.63) is 29.8 Å². The maximum atomic E-state index is 8.66. The van der Waals surface area contributed by atoms with Gasteiger partial charge >= 0.3 is 0 Å². The summed E-state index contributed by atoms with van der Waals surface area (Å²) in [5.74, 6) is 2.82. The van der Waals surface area contributed by atoms with E-state index in [0.717, 1.165) is 36.3 Å². The van der Waals surface area contributed by atoms with Gasteiger partial charge in [-0.25, -0.2) is 0 Å². The maximum Gasteiger partial charge on any atom is 0.119 e. The first-order valence-corrected chi connectivity index (χ1v) is 8.14. The molecule has 0 unspecified atom stereocenters. The van der Waals surface area contributed by atoms with Gasteiger partial charge in [0.2, 0.25) is 0 Å². The predicted molar refractivity (Wildman–Crippen MR) is 83.1 cm³/mol. The Balaban J connectivity index is 1.41.